The van der Waals surface area contributed by atoms with Crippen molar-refractivity contribution in [2.75, 3.05) is 59.8 Å². The molecule has 2 fully saturated rings. The second-order valence-electron chi connectivity index (χ2n) is 8.24. The highest BCUT2D eigenvalue weighted by molar-refractivity contribution is 14.0. The zero-order chi connectivity index (χ0) is 21.1. The molecular weight excluding hydrogens is 512 g/mol. The van der Waals surface area contributed by atoms with Gasteiger partial charge in [-0.05, 0) is 55.7 Å². The average molecular weight is 549 g/mol. The lowest BCUT2D eigenvalue weighted by Crippen LogP contribution is -2.48. The Hall–Kier alpha value is -0.970. The molecule has 31 heavy (non-hydrogen) atoms. The van der Waals surface area contributed by atoms with E-state index in [1.165, 1.54) is 0 Å². The predicted octanol–water partition coefficient (Wildman–Crippen LogP) is 3.49. The molecule has 2 saturated heterocycles. The standard InChI is InChI=1S/C23H36FN3O3.HI/c1-25-22(26-11-2-12-30-17-19-7-13-28-14-8-19)27-18-23(9-15-29-16-10-23)20-3-5-21(24)6-4-20;/h3-6,19H,2,7-18H2,1H3,(H2,25,26,27);1H. The van der Waals surface area contributed by atoms with Crippen molar-refractivity contribution in [2.24, 2.45) is 10.9 Å². The number of guanidine groups is 1. The Kier molecular flexibility index (Phi) is 12.1. The van der Waals surface area contributed by atoms with Gasteiger partial charge in [0.05, 0.1) is 0 Å². The van der Waals surface area contributed by atoms with Crippen LogP contribution in [0.3, 0.4) is 0 Å². The van der Waals surface area contributed by atoms with Crippen molar-refractivity contribution >= 4 is 29.9 Å². The van der Waals surface area contributed by atoms with Crippen LogP contribution < -0.4 is 10.6 Å². The molecule has 2 N–H and O–H groups in total. The summed E-state index contributed by atoms with van der Waals surface area (Å²) in [5.41, 5.74) is 1.08. The summed E-state index contributed by atoms with van der Waals surface area (Å²) in [5.74, 6) is 1.22. The first-order valence-electron chi connectivity index (χ1n) is 11.2. The SMILES string of the molecule is CN=C(NCCCOCC1CCOCC1)NCC1(c2ccc(F)cc2)CCOCC1.I. The smallest absolute Gasteiger partial charge is 0.191 e. The number of rotatable bonds is 9. The Morgan fingerprint density at radius 1 is 1.10 bits per heavy atom. The molecule has 0 aromatic heterocycles. The summed E-state index contributed by atoms with van der Waals surface area (Å²) >= 11 is 0. The van der Waals surface area contributed by atoms with E-state index in [2.05, 4.69) is 15.6 Å². The van der Waals surface area contributed by atoms with Crippen LogP contribution >= 0.6 is 24.0 Å². The number of benzene rings is 1. The third kappa shape index (κ3) is 8.47. The van der Waals surface area contributed by atoms with Crippen LogP contribution in [0.2, 0.25) is 0 Å². The summed E-state index contributed by atoms with van der Waals surface area (Å²) in [6.45, 7) is 6.29. The van der Waals surface area contributed by atoms with Gasteiger partial charge in [-0.2, -0.15) is 0 Å². The molecule has 0 spiro atoms. The zero-order valence-corrected chi connectivity index (χ0v) is 20.9. The zero-order valence-electron chi connectivity index (χ0n) is 18.5. The normalized spacial score (nSPS) is 19.5. The molecule has 0 amide bonds. The first-order valence-corrected chi connectivity index (χ1v) is 11.2. The Labute approximate surface area is 202 Å². The minimum Gasteiger partial charge on any atom is -0.381 e. The Morgan fingerprint density at radius 2 is 1.77 bits per heavy atom. The van der Waals surface area contributed by atoms with Gasteiger partial charge in [0.25, 0.3) is 0 Å². The number of halogens is 2. The van der Waals surface area contributed by atoms with E-state index in [9.17, 15) is 4.39 Å². The summed E-state index contributed by atoms with van der Waals surface area (Å²) < 4.78 is 30.2. The maximum atomic E-state index is 13.4. The maximum Gasteiger partial charge on any atom is 0.191 e. The number of hydrogen-bond donors (Lipinski definition) is 2. The minimum atomic E-state index is -0.203. The number of hydrogen-bond acceptors (Lipinski definition) is 4. The van der Waals surface area contributed by atoms with Crippen molar-refractivity contribution in [3.63, 3.8) is 0 Å². The molecule has 0 aliphatic carbocycles. The fraction of sp³-hybridized carbons (Fsp3) is 0.696. The van der Waals surface area contributed by atoms with Crippen molar-refractivity contribution in [1.82, 2.24) is 10.6 Å². The van der Waals surface area contributed by atoms with Gasteiger partial charge in [-0.25, -0.2) is 4.39 Å². The highest BCUT2D eigenvalue weighted by Gasteiger charge is 2.34. The molecule has 176 valence electrons. The second-order valence-corrected chi connectivity index (χ2v) is 8.24. The third-order valence-electron chi connectivity index (χ3n) is 6.18. The third-order valence-corrected chi connectivity index (χ3v) is 6.18. The van der Waals surface area contributed by atoms with E-state index in [0.717, 1.165) is 96.4 Å². The summed E-state index contributed by atoms with van der Waals surface area (Å²) in [5, 5.41) is 6.84. The van der Waals surface area contributed by atoms with Gasteiger partial charge in [0.1, 0.15) is 5.82 Å². The largest absolute Gasteiger partial charge is 0.381 e. The van der Waals surface area contributed by atoms with Gasteiger partial charge < -0.3 is 24.8 Å². The molecule has 0 atom stereocenters. The first-order chi connectivity index (χ1) is 14.7. The predicted molar refractivity (Wildman–Crippen MR) is 132 cm³/mol. The van der Waals surface area contributed by atoms with Crippen molar-refractivity contribution in [3.05, 3.63) is 35.6 Å². The average Bonchev–Trinajstić information content (AvgIpc) is 2.80. The van der Waals surface area contributed by atoms with Gasteiger partial charge in [-0.1, -0.05) is 12.1 Å². The lowest BCUT2D eigenvalue weighted by molar-refractivity contribution is 0.0203. The van der Waals surface area contributed by atoms with Crippen LogP contribution in [0.15, 0.2) is 29.3 Å². The Bertz CT molecular complexity index is 648. The molecule has 2 aliphatic rings. The molecule has 0 bridgehead atoms. The summed E-state index contributed by atoms with van der Waals surface area (Å²) in [4.78, 5) is 4.35. The fourth-order valence-electron chi connectivity index (χ4n) is 4.15. The van der Waals surface area contributed by atoms with Crippen LogP contribution in [0.25, 0.3) is 0 Å². The minimum absolute atomic E-state index is 0. The second kappa shape index (κ2) is 14.2. The quantitative estimate of drug-likeness (QED) is 0.214. The molecule has 2 heterocycles. The van der Waals surface area contributed by atoms with Crippen LogP contribution in [0.4, 0.5) is 4.39 Å². The topological polar surface area (TPSA) is 64.1 Å². The molecular formula is C23H37FIN3O3. The lowest BCUT2D eigenvalue weighted by atomic mass is 9.74. The molecule has 0 saturated carbocycles. The van der Waals surface area contributed by atoms with Crippen LogP contribution in [-0.4, -0.2) is 65.7 Å². The van der Waals surface area contributed by atoms with Crippen LogP contribution in [0.5, 0.6) is 0 Å². The summed E-state index contributed by atoms with van der Waals surface area (Å²) in [6, 6.07) is 6.88. The van der Waals surface area contributed by atoms with Crippen LogP contribution in [0, 0.1) is 11.7 Å². The van der Waals surface area contributed by atoms with E-state index in [0.29, 0.717) is 5.92 Å². The fourth-order valence-corrected chi connectivity index (χ4v) is 4.15. The molecule has 0 unspecified atom stereocenters. The summed E-state index contributed by atoms with van der Waals surface area (Å²) in [7, 11) is 1.78. The van der Waals surface area contributed by atoms with E-state index in [1.54, 1.807) is 19.2 Å². The monoisotopic (exact) mass is 549 g/mol. The van der Waals surface area contributed by atoms with E-state index in [-0.39, 0.29) is 35.2 Å². The van der Waals surface area contributed by atoms with Crippen molar-refractivity contribution in [3.8, 4) is 0 Å². The van der Waals surface area contributed by atoms with E-state index >= 15 is 0 Å². The maximum absolute atomic E-state index is 13.4. The van der Waals surface area contributed by atoms with Crippen LogP contribution in [0.1, 0.15) is 37.7 Å². The molecule has 8 heteroatoms. The molecule has 0 radical (unpaired) electrons. The highest BCUT2D eigenvalue weighted by Crippen LogP contribution is 2.34. The number of nitrogens with zero attached hydrogens (tertiary/aromatic N) is 1. The van der Waals surface area contributed by atoms with Gasteiger partial charge in [0.15, 0.2) is 5.96 Å². The molecule has 2 aliphatic heterocycles. The van der Waals surface area contributed by atoms with E-state index < -0.39 is 0 Å². The Balaban J connectivity index is 0.00000341. The van der Waals surface area contributed by atoms with Crippen molar-refractivity contribution < 1.29 is 18.6 Å². The van der Waals surface area contributed by atoms with E-state index in [1.807, 2.05) is 12.1 Å². The van der Waals surface area contributed by atoms with Gasteiger partial charge >= 0.3 is 0 Å². The molecule has 3 rings (SSSR count). The van der Waals surface area contributed by atoms with Crippen LogP contribution in [-0.2, 0) is 19.6 Å². The number of nitrogens with one attached hydrogen (secondary N) is 2. The van der Waals surface area contributed by atoms with Gasteiger partial charge in [0, 0.05) is 65.2 Å². The highest BCUT2D eigenvalue weighted by atomic mass is 127. The number of ether oxygens (including phenoxy) is 3. The van der Waals surface area contributed by atoms with Gasteiger partial charge in [-0.15, -0.1) is 24.0 Å². The summed E-state index contributed by atoms with van der Waals surface area (Å²) in [6.07, 6.45) is 4.96. The number of aliphatic imine (C=N–C) groups is 1. The molecule has 1 aromatic rings. The van der Waals surface area contributed by atoms with Gasteiger partial charge in [0.2, 0.25) is 0 Å². The lowest BCUT2D eigenvalue weighted by Gasteiger charge is -2.38. The van der Waals surface area contributed by atoms with Crippen molar-refractivity contribution in [1.29, 1.82) is 0 Å². The van der Waals surface area contributed by atoms with Gasteiger partial charge in [-0.3, -0.25) is 4.99 Å². The molecule has 6 nitrogen and oxygen atoms in total. The first kappa shape index (κ1) is 26.3. The van der Waals surface area contributed by atoms with Crippen molar-refractivity contribution in [2.45, 2.75) is 37.5 Å². The van der Waals surface area contributed by atoms with E-state index in [4.69, 9.17) is 14.2 Å². The Morgan fingerprint density at radius 3 is 2.45 bits per heavy atom. The molecule has 1 aromatic carbocycles.